The molecule has 0 nitrogen and oxygen atoms in total. The van der Waals surface area contributed by atoms with Gasteiger partial charge >= 0.3 is 0 Å². The number of fused-ring (bicyclic) bond motifs is 6. The highest BCUT2D eigenvalue weighted by molar-refractivity contribution is 5.79. The number of hydrogen-bond acceptors (Lipinski definition) is 0. The largest absolute Gasteiger partial charge is 0.0654 e. The first-order valence-corrected chi connectivity index (χ1v) is 11.7. The minimum absolute atomic E-state index is 0.188. The molecule has 156 valence electrons. The molecule has 29 heavy (non-hydrogen) atoms. The van der Waals surface area contributed by atoms with E-state index in [2.05, 4.69) is 91.8 Å². The quantitative estimate of drug-likeness (QED) is 0.484. The van der Waals surface area contributed by atoms with E-state index in [1.807, 2.05) is 0 Å². The predicted octanol–water partition coefficient (Wildman–Crippen LogP) is 8.44. The molecule has 2 aliphatic rings. The van der Waals surface area contributed by atoms with Gasteiger partial charge in [-0.2, -0.15) is 0 Å². The maximum Gasteiger partial charge on any atom is 0.00535 e. The Balaban J connectivity index is 2.06. The van der Waals surface area contributed by atoms with Gasteiger partial charge in [0.05, 0.1) is 0 Å². The van der Waals surface area contributed by atoms with Gasteiger partial charge in [0.15, 0.2) is 0 Å². The van der Waals surface area contributed by atoms with Crippen LogP contribution in [0.25, 0.3) is 11.1 Å². The van der Waals surface area contributed by atoms with Crippen molar-refractivity contribution in [3.05, 3.63) is 58.7 Å². The van der Waals surface area contributed by atoms with Crippen LogP contribution in [0.1, 0.15) is 110 Å². The fraction of sp³-hybridized carbons (Fsp3) is 0.586. The second-order valence-electron chi connectivity index (χ2n) is 12.0. The minimum atomic E-state index is 0.188. The third kappa shape index (κ3) is 2.93. The van der Waals surface area contributed by atoms with Crippen LogP contribution in [0.15, 0.2) is 36.4 Å². The van der Waals surface area contributed by atoms with Crippen LogP contribution < -0.4 is 0 Å². The van der Waals surface area contributed by atoms with E-state index in [0.29, 0.717) is 0 Å². The van der Waals surface area contributed by atoms with Gasteiger partial charge in [-0.1, -0.05) is 105 Å². The third-order valence-electron chi connectivity index (χ3n) is 8.18. The molecule has 2 aromatic carbocycles. The van der Waals surface area contributed by atoms with Crippen molar-refractivity contribution in [3.63, 3.8) is 0 Å². The summed E-state index contributed by atoms with van der Waals surface area (Å²) in [5, 5.41) is 0. The fourth-order valence-electron chi connectivity index (χ4n) is 6.39. The second kappa shape index (κ2) is 6.47. The summed E-state index contributed by atoms with van der Waals surface area (Å²) in [6, 6.07) is 14.8. The van der Waals surface area contributed by atoms with Crippen LogP contribution in [0.2, 0.25) is 0 Å². The molecule has 0 heterocycles. The summed E-state index contributed by atoms with van der Waals surface area (Å²) in [6.07, 6.45) is 6.53. The summed E-state index contributed by atoms with van der Waals surface area (Å²) < 4.78 is 0. The molecule has 2 aromatic rings. The zero-order chi connectivity index (χ0) is 21.2. The van der Waals surface area contributed by atoms with E-state index in [1.165, 1.54) is 54.4 Å². The average molecular weight is 389 g/mol. The van der Waals surface area contributed by atoms with Crippen molar-refractivity contribution in [1.82, 2.24) is 0 Å². The Labute approximate surface area is 179 Å². The Morgan fingerprint density at radius 3 is 1.79 bits per heavy atom. The van der Waals surface area contributed by atoms with Crippen molar-refractivity contribution >= 4 is 0 Å². The zero-order valence-electron chi connectivity index (χ0n) is 20.0. The lowest BCUT2D eigenvalue weighted by Crippen LogP contribution is -2.46. The summed E-state index contributed by atoms with van der Waals surface area (Å²) in [5.74, 6) is 0. The second-order valence-corrected chi connectivity index (χ2v) is 12.0. The van der Waals surface area contributed by atoms with Crippen molar-refractivity contribution < 1.29 is 0 Å². The van der Waals surface area contributed by atoms with E-state index < -0.39 is 0 Å². The molecule has 0 saturated heterocycles. The topological polar surface area (TPSA) is 0 Å². The van der Waals surface area contributed by atoms with Crippen molar-refractivity contribution in [2.75, 3.05) is 0 Å². The Kier molecular flexibility index (Phi) is 4.62. The fourth-order valence-corrected chi connectivity index (χ4v) is 6.39. The SMILES string of the molecule is CCC[C@]12CCC[C@@]1(C)c1cc(C(C)(C)C)ccc1-c1ccc(C(C)(C)C)cc12. The van der Waals surface area contributed by atoms with Crippen LogP contribution in [-0.2, 0) is 21.7 Å². The van der Waals surface area contributed by atoms with Gasteiger partial charge in [-0.3, -0.25) is 0 Å². The Morgan fingerprint density at radius 2 is 1.28 bits per heavy atom. The molecule has 0 aliphatic heterocycles. The number of benzene rings is 2. The molecule has 0 heteroatoms. The van der Waals surface area contributed by atoms with Crippen molar-refractivity contribution in [1.29, 1.82) is 0 Å². The van der Waals surface area contributed by atoms with Crippen LogP contribution in [0.4, 0.5) is 0 Å². The molecule has 2 aliphatic carbocycles. The predicted molar refractivity (Wildman–Crippen MR) is 127 cm³/mol. The molecular formula is C29H40. The van der Waals surface area contributed by atoms with E-state index in [4.69, 9.17) is 0 Å². The monoisotopic (exact) mass is 388 g/mol. The number of rotatable bonds is 2. The van der Waals surface area contributed by atoms with Crippen molar-refractivity contribution in [2.24, 2.45) is 0 Å². The molecule has 0 bridgehead atoms. The van der Waals surface area contributed by atoms with E-state index in [0.717, 1.165) is 0 Å². The van der Waals surface area contributed by atoms with Crippen molar-refractivity contribution in [2.45, 2.75) is 109 Å². The Morgan fingerprint density at radius 1 is 0.759 bits per heavy atom. The van der Waals surface area contributed by atoms with Gasteiger partial charge in [-0.05, 0) is 63.5 Å². The van der Waals surface area contributed by atoms with Gasteiger partial charge in [0.25, 0.3) is 0 Å². The highest BCUT2D eigenvalue weighted by Gasteiger charge is 2.56. The summed E-state index contributed by atoms with van der Waals surface area (Å²) in [5.41, 5.74) is 10.1. The highest BCUT2D eigenvalue weighted by Crippen LogP contribution is 2.64. The lowest BCUT2D eigenvalue weighted by molar-refractivity contribution is 0.250. The molecule has 0 aromatic heterocycles. The molecule has 0 amide bonds. The van der Waals surface area contributed by atoms with Gasteiger partial charge in [0, 0.05) is 10.8 Å². The first kappa shape index (κ1) is 20.7. The summed E-state index contributed by atoms with van der Waals surface area (Å²) in [6.45, 7) is 19.0. The standard InChI is InChI=1S/C29H40/c1-9-15-29-17-10-16-28(29,8)24-18-20(26(2,3)4)11-13-22(24)23-14-12-21(19-25(23)29)27(5,6)7/h11-14,18-19H,9-10,15-17H2,1-8H3/t28-,29+/m0/s1. The normalized spacial score (nSPS) is 26.1. The summed E-state index contributed by atoms with van der Waals surface area (Å²) in [4.78, 5) is 0. The van der Waals surface area contributed by atoms with Crippen LogP contribution in [0.5, 0.6) is 0 Å². The van der Waals surface area contributed by atoms with Crippen molar-refractivity contribution in [3.8, 4) is 11.1 Å². The molecule has 0 radical (unpaired) electrons. The molecule has 2 atom stereocenters. The van der Waals surface area contributed by atoms with E-state index >= 15 is 0 Å². The van der Waals surface area contributed by atoms with Crippen LogP contribution in [0, 0.1) is 0 Å². The smallest absolute Gasteiger partial charge is 0.00535 e. The summed E-state index contributed by atoms with van der Waals surface area (Å²) >= 11 is 0. The Hall–Kier alpha value is -1.56. The minimum Gasteiger partial charge on any atom is -0.0654 e. The van der Waals surface area contributed by atoms with Gasteiger partial charge in [0.1, 0.15) is 0 Å². The lowest BCUT2D eigenvalue weighted by atomic mass is 9.52. The van der Waals surface area contributed by atoms with Gasteiger partial charge in [-0.15, -0.1) is 0 Å². The Bertz CT molecular complexity index is 933. The van der Waals surface area contributed by atoms with Crippen LogP contribution >= 0.6 is 0 Å². The highest BCUT2D eigenvalue weighted by atomic mass is 14.6. The van der Waals surface area contributed by atoms with E-state index in [1.54, 1.807) is 11.1 Å². The molecule has 0 unspecified atom stereocenters. The molecular weight excluding hydrogens is 348 g/mol. The first-order chi connectivity index (χ1) is 13.4. The summed E-state index contributed by atoms with van der Waals surface area (Å²) in [7, 11) is 0. The number of hydrogen-bond donors (Lipinski definition) is 0. The van der Waals surface area contributed by atoms with Gasteiger partial charge in [0.2, 0.25) is 0 Å². The maximum atomic E-state index is 2.59. The zero-order valence-corrected chi connectivity index (χ0v) is 20.0. The van der Waals surface area contributed by atoms with E-state index in [-0.39, 0.29) is 21.7 Å². The molecule has 1 fully saturated rings. The molecule has 1 saturated carbocycles. The third-order valence-corrected chi connectivity index (χ3v) is 8.18. The molecule has 0 spiro atoms. The maximum absolute atomic E-state index is 2.59. The van der Waals surface area contributed by atoms with Crippen LogP contribution in [-0.4, -0.2) is 0 Å². The van der Waals surface area contributed by atoms with Crippen LogP contribution in [0.3, 0.4) is 0 Å². The van der Waals surface area contributed by atoms with Gasteiger partial charge < -0.3 is 0 Å². The molecule has 0 N–H and O–H groups in total. The first-order valence-electron chi connectivity index (χ1n) is 11.7. The lowest BCUT2D eigenvalue weighted by Gasteiger charge is -2.51. The average Bonchev–Trinajstić information content (AvgIpc) is 2.98. The van der Waals surface area contributed by atoms with E-state index in [9.17, 15) is 0 Å². The molecule has 4 rings (SSSR count). The van der Waals surface area contributed by atoms with Gasteiger partial charge in [-0.25, -0.2) is 0 Å².